The second-order valence-electron chi connectivity index (χ2n) is 12.3. The van der Waals surface area contributed by atoms with Gasteiger partial charge in [-0.25, -0.2) is 0 Å². The SMILES string of the molecule is C1CC2CCC34CC5C3=C3C6=C7C24C72C(C1)CCC21CC2C1=C6C2C35. The highest BCUT2D eigenvalue weighted by molar-refractivity contribution is 5.88. The summed E-state index contributed by atoms with van der Waals surface area (Å²) >= 11 is 0. The van der Waals surface area contributed by atoms with E-state index in [1.54, 1.807) is 57.8 Å². The fourth-order valence-electron chi connectivity index (χ4n) is 13.7. The summed E-state index contributed by atoms with van der Waals surface area (Å²) in [6.45, 7) is 0. The van der Waals surface area contributed by atoms with Gasteiger partial charge in [0.25, 0.3) is 0 Å². The fourth-order valence-corrected chi connectivity index (χ4v) is 13.7. The molecule has 0 amide bonds. The molecule has 0 aromatic heterocycles. The van der Waals surface area contributed by atoms with E-state index in [4.69, 9.17) is 0 Å². The van der Waals surface area contributed by atoms with Crippen LogP contribution in [0.2, 0.25) is 0 Å². The average molecular weight is 324 g/mol. The van der Waals surface area contributed by atoms with E-state index >= 15 is 0 Å². The van der Waals surface area contributed by atoms with Crippen LogP contribution in [0.25, 0.3) is 0 Å². The van der Waals surface area contributed by atoms with Gasteiger partial charge in [0, 0.05) is 21.7 Å². The quantitative estimate of drug-likeness (QED) is 0.576. The third-order valence-electron chi connectivity index (χ3n) is 13.2. The highest BCUT2D eigenvalue weighted by atomic mass is 15.0. The Morgan fingerprint density at radius 2 is 1.24 bits per heavy atom. The lowest BCUT2D eigenvalue weighted by Crippen LogP contribution is -2.64. The Morgan fingerprint density at radius 1 is 0.680 bits per heavy atom. The predicted octanol–water partition coefficient (Wildman–Crippen LogP) is 5.18. The molecular weight excluding hydrogens is 300 g/mol. The number of fused-ring (bicyclic) bond motifs is 3. The Morgan fingerprint density at radius 3 is 1.80 bits per heavy atom. The zero-order chi connectivity index (χ0) is 15.3. The maximum Gasteiger partial charge on any atom is 0.0155 e. The van der Waals surface area contributed by atoms with Crippen molar-refractivity contribution in [2.24, 2.45) is 57.2 Å². The molecule has 0 heterocycles. The van der Waals surface area contributed by atoms with Crippen LogP contribution in [0.1, 0.15) is 57.8 Å². The maximum atomic E-state index is 2.20. The molecule has 0 aromatic rings. The van der Waals surface area contributed by atoms with Crippen molar-refractivity contribution in [1.82, 2.24) is 0 Å². The standard InChI is InChI=1S/C25H24/c1-2-10-4-6-22-8-12-14-15-13-9-23-7-5-11(3-1)25(23)21(24(10,22)25)18(16(14)19(12)22)17(15)20(13)23/h10-15H,1-9H2. The summed E-state index contributed by atoms with van der Waals surface area (Å²) in [7, 11) is 0. The summed E-state index contributed by atoms with van der Waals surface area (Å²) in [6.07, 6.45) is 14.5. The van der Waals surface area contributed by atoms with E-state index in [0.29, 0.717) is 0 Å². The van der Waals surface area contributed by atoms with Gasteiger partial charge in [-0.05, 0) is 109 Å². The van der Waals surface area contributed by atoms with Crippen molar-refractivity contribution >= 4 is 0 Å². The summed E-state index contributed by atoms with van der Waals surface area (Å²) in [6, 6.07) is 0. The smallest absolute Gasteiger partial charge is 0.0155 e. The molecule has 0 bridgehead atoms. The molecule has 0 aliphatic heterocycles. The first-order valence-electron chi connectivity index (χ1n) is 11.6. The second kappa shape index (κ2) is 2.46. The van der Waals surface area contributed by atoms with Gasteiger partial charge in [0.2, 0.25) is 0 Å². The summed E-state index contributed by atoms with van der Waals surface area (Å²) in [5, 5.41) is 0. The minimum absolute atomic E-state index is 0.741. The maximum absolute atomic E-state index is 2.20. The Labute approximate surface area is 148 Å². The van der Waals surface area contributed by atoms with E-state index in [1.165, 1.54) is 0 Å². The van der Waals surface area contributed by atoms with Crippen molar-refractivity contribution < 1.29 is 0 Å². The molecule has 10 atom stereocenters. The molecule has 7 fully saturated rings. The average Bonchev–Trinajstić information content (AvgIpc) is 2.75. The predicted molar refractivity (Wildman–Crippen MR) is 93.3 cm³/mol. The molecule has 7 saturated carbocycles. The molecule has 124 valence electrons. The molecule has 25 heavy (non-hydrogen) atoms. The Balaban J connectivity index is 1.43. The van der Waals surface area contributed by atoms with Gasteiger partial charge in [0.1, 0.15) is 0 Å². The van der Waals surface area contributed by atoms with Crippen LogP contribution in [0.4, 0.5) is 0 Å². The van der Waals surface area contributed by atoms with Gasteiger partial charge in [-0.1, -0.05) is 17.6 Å². The Kier molecular flexibility index (Phi) is 1.10. The minimum atomic E-state index is 0.741. The zero-order valence-corrected chi connectivity index (χ0v) is 14.8. The molecule has 0 nitrogen and oxygen atoms in total. The van der Waals surface area contributed by atoms with Crippen LogP contribution in [0, 0.1) is 57.2 Å². The van der Waals surface area contributed by atoms with Gasteiger partial charge >= 0.3 is 0 Å². The number of allylic oxidation sites excluding steroid dienone is 6. The van der Waals surface area contributed by atoms with Gasteiger partial charge < -0.3 is 0 Å². The van der Waals surface area contributed by atoms with Crippen LogP contribution in [-0.4, -0.2) is 0 Å². The second-order valence-corrected chi connectivity index (χ2v) is 12.3. The molecule has 0 N–H and O–H groups in total. The molecule has 0 saturated heterocycles. The molecule has 0 aromatic carbocycles. The van der Waals surface area contributed by atoms with E-state index in [1.807, 2.05) is 16.7 Å². The van der Waals surface area contributed by atoms with E-state index in [9.17, 15) is 0 Å². The third kappa shape index (κ3) is 0.563. The van der Waals surface area contributed by atoms with Crippen LogP contribution >= 0.6 is 0 Å². The molecule has 11 rings (SSSR count). The van der Waals surface area contributed by atoms with Crippen molar-refractivity contribution in [3.8, 4) is 0 Å². The summed E-state index contributed by atoms with van der Waals surface area (Å²) in [5.74, 6) is 6.47. The van der Waals surface area contributed by atoms with E-state index in [-0.39, 0.29) is 0 Å². The Bertz CT molecular complexity index is 970. The molecule has 0 heteroatoms. The largest absolute Gasteiger partial charge is 0.0552 e. The first kappa shape index (κ1) is 11.2. The molecule has 11 aliphatic rings. The van der Waals surface area contributed by atoms with Crippen molar-refractivity contribution in [2.45, 2.75) is 57.8 Å². The van der Waals surface area contributed by atoms with Crippen LogP contribution in [-0.2, 0) is 0 Å². The first-order valence-corrected chi connectivity index (χ1v) is 11.6. The van der Waals surface area contributed by atoms with Gasteiger partial charge in [0.15, 0.2) is 0 Å². The Hall–Kier alpha value is -0.780. The molecule has 4 spiro atoms. The molecular formula is C25H24. The normalized spacial score (nSPS) is 73.9. The topological polar surface area (TPSA) is 0 Å². The number of rotatable bonds is 0. The van der Waals surface area contributed by atoms with Crippen LogP contribution in [0.15, 0.2) is 33.4 Å². The van der Waals surface area contributed by atoms with Crippen LogP contribution < -0.4 is 0 Å². The zero-order valence-electron chi connectivity index (χ0n) is 14.8. The lowest BCUT2D eigenvalue weighted by molar-refractivity contribution is -0.0986. The molecule has 11 aliphatic carbocycles. The van der Waals surface area contributed by atoms with Crippen molar-refractivity contribution in [3.05, 3.63) is 33.4 Å². The van der Waals surface area contributed by atoms with Crippen molar-refractivity contribution in [3.63, 3.8) is 0 Å². The lowest BCUT2D eigenvalue weighted by atomic mass is 9.32. The van der Waals surface area contributed by atoms with E-state index in [2.05, 4.69) is 16.7 Å². The van der Waals surface area contributed by atoms with E-state index < -0.39 is 0 Å². The molecule has 0 radical (unpaired) electrons. The highest BCUT2D eigenvalue weighted by Crippen LogP contribution is 3.08. The number of hydrogen-bond donors (Lipinski definition) is 0. The molecule has 10 unspecified atom stereocenters. The van der Waals surface area contributed by atoms with Crippen LogP contribution in [0.5, 0.6) is 0 Å². The monoisotopic (exact) mass is 324 g/mol. The van der Waals surface area contributed by atoms with Crippen molar-refractivity contribution in [1.29, 1.82) is 0 Å². The summed E-state index contributed by atoms with van der Waals surface area (Å²) < 4.78 is 0. The van der Waals surface area contributed by atoms with Crippen LogP contribution in [0.3, 0.4) is 0 Å². The van der Waals surface area contributed by atoms with Gasteiger partial charge in [-0.3, -0.25) is 0 Å². The highest BCUT2D eigenvalue weighted by Gasteiger charge is 3.01. The minimum Gasteiger partial charge on any atom is -0.0552 e. The van der Waals surface area contributed by atoms with Gasteiger partial charge in [0.05, 0.1) is 0 Å². The van der Waals surface area contributed by atoms with Crippen molar-refractivity contribution in [2.75, 3.05) is 0 Å². The van der Waals surface area contributed by atoms with Gasteiger partial charge in [-0.15, -0.1) is 0 Å². The van der Waals surface area contributed by atoms with E-state index in [0.717, 1.165) is 57.2 Å². The van der Waals surface area contributed by atoms with Gasteiger partial charge in [-0.2, -0.15) is 0 Å². The first-order chi connectivity index (χ1) is 12.3. The lowest BCUT2D eigenvalue weighted by Gasteiger charge is -2.71. The fraction of sp³-hybridized carbons (Fsp3) is 0.760. The third-order valence-corrected chi connectivity index (χ3v) is 13.2. The summed E-state index contributed by atoms with van der Waals surface area (Å²) in [4.78, 5) is 0. The number of hydrogen-bond acceptors (Lipinski definition) is 0. The summed E-state index contributed by atoms with van der Waals surface area (Å²) in [5.41, 5.74) is 15.5.